The molecule has 0 bridgehead atoms. The summed E-state index contributed by atoms with van der Waals surface area (Å²) in [5.41, 5.74) is 0.353. The maximum absolute atomic E-state index is 12.9. The SMILES string of the molecule is COCC1(C(=O)O)CCCN(C(=O)c2cnn(CC(C)C)c2C)C1. The molecule has 24 heavy (non-hydrogen) atoms. The molecule has 0 aliphatic carbocycles. The lowest BCUT2D eigenvalue weighted by atomic mass is 9.80. The monoisotopic (exact) mass is 337 g/mol. The number of aromatic nitrogens is 2. The van der Waals surface area contributed by atoms with Crippen LogP contribution in [0.3, 0.4) is 0 Å². The second kappa shape index (κ2) is 7.34. The van der Waals surface area contributed by atoms with Crippen LogP contribution >= 0.6 is 0 Å². The largest absolute Gasteiger partial charge is 0.481 e. The first-order chi connectivity index (χ1) is 11.3. The van der Waals surface area contributed by atoms with E-state index in [0.29, 0.717) is 30.9 Å². The smallest absolute Gasteiger partial charge is 0.313 e. The Morgan fingerprint density at radius 1 is 1.46 bits per heavy atom. The van der Waals surface area contributed by atoms with E-state index in [9.17, 15) is 14.7 Å². The minimum atomic E-state index is -1.02. The molecule has 1 N–H and O–H groups in total. The van der Waals surface area contributed by atoms with Crippen LogP contribution in [0.4, 0.5) is 0 Å². The van der Waals surface area contributed by atoms with E-state index in [4.69, 9.17) is 4.74 Å². The summed E-state index contributed by atoms with van der Waals surface area (Å²) >= 11 is 0. The maximum atomic E-state index is 12.9. The molecular weight excluding hydrogens is 310 g/mol. The van der Waals surface area contributed by atoms with Gasteiger partial charge in [0.2, 0.25) is 0 Å². The quantitative estimate of drug-likeness (QED) is 0.855. The molecule has 1 aromatic heterocycles. The molecule has 1 saturated heterocycles. The number of methoxy groups -OCH3 is 1. The number of carbonyl (C=O) groups excluding carboxylic acids is 1. The van der Waals surface area contributed by atoms with Gasteiger partial charge in [-0.3, -0.25) is 14.3 Å². The van der Waals surface area contributed by atoms with Crippen LogP contribution in [0.15, 0.2) is 6.20 Å². The zero-order valence-corrected chi connectivity index (χ0v) is 14.9. The number of carbonyl (C=O) groups is 2. The molecule has 2 heterocycles. The normalized spacial score (nSPS) is 21.3. The number of carboxylic acids is 1. The van der Waals surface area contributed by atoms with Gasteiger partial charge in [-0.2, -0.15) is 5.10 Å². The van der Waals surface area contributed by atoms with Crippen molar-refractivity contribution in [3.8, 4) is 0 Å². The highest BCUT2D eigenvalue weighted by Crippen LogP contribution is 2.31. The van der Waals surface area contributed by atoms with Gasteiger partial charge in [-0.05, 0) is 25.7 Å². The highest BCUT2D eigenvalue weighted by Gasteiger charge is 2.44. The number of hydrogen-bond donors (Lipinski definition) is 1. The van der Waals surface area contributed by atoms with Crippen LogP contribution in [-0.4, -0.2) is 58.5 Å². The van der Waals surface area contributed by atoms with E-state index in [1.807, 2.05) is 11.6 Å². The van der Waals surface area contributed by atoms with Crippen LogP contribution in [0, 0.1) is 18.3 Å². The number of nitrogens with zero attached hydrogens (tertiary/aromatic N) is 3. The van der Waals surface area contributed by atoms with E-state index in [2.05, 4.69) is 18.9 Å². The molecule has 1 aromatic rings. The number of hydrogen-bond acceptors (Lipinski definition) is 4. The van der Waals surface area contributed by atoms with E-state index >= 15 is 0 Å². The third-order valence-electron chi connectivity index (χ3n) is 4.61. The fraction of sp³-hybridized carbons (Fsp3) is 0.706. The van der Waals surface area contributed by atoms with Gasteiger partial charge in [0.1, 0.15) is 5.41 Å². The highest BCUT2D eigenvalue weighted by atomic mass is 16.5. The molecule has 0 aromatic carbocycles. The Kier molecular flexibility index (Phi) is 5.64. The predicted octanol–water partition coefficient (Wildman–Crippen LogP) is 1.80. The molecule has 0 saturated carbocycles. The zero-order valence-electron chi connectivity index (χ0n) is 14.9. The van der Waals surface area contributed by atoms with Gasteiger partial charge >= 0.3 is 5.97 Å². The maximum Gasteiger partial charge on any atom is 0.313 e. The summed E-state index contributed by atoms with van der Waals surface area (Å²) in [4.78, 5) is 26.2. The lowest BCUT2D eigenvalue weighted by Gasteiger charge is -2.39. The topological polar surface area (TPSA) is 84.7 Å². The Balaban J connectivity index is 2.20. The number of amides is 1. The molecule has 7 nitrogen and oxygen atoms in total. The zero-order chi connectivity index (χ0) is 17.9. The van der Waals surface area contributed by atoms with Crippen LogP contribution in [-0.2, 0) is 16.1 Å². The number of carboxylic acid groups (broad SMARTS) is 1. The second-order valence-corrected chi connectivity index (χ2v) is 7.07. The number of ether oxygens (including phenoxy) is 1. The summed E-state index contributed by atoms with van der Waals surface area (Å²) in [5.74, 6) is -0.624. The van der Waals surface area contributed by atoms with Gasteiger partial charge in [0.05, 0.1) is 18.4 Å². The number of likely N-dealkylation sites (tertiary alicyclic amines) is 1. The summed E-state index contributed by atoms with van der Waals surface area (Å²) in [7, 11) is 1.49. The first-order valence-corrected chi connectivity index (χ1v) is 8.35. The molecule has 0 spiro atoms. The third-order valence-corrected chi connectivity index (χ3v) is 4.61. The lowest BCUT2D eigenvalue weighted by Crippen LogP contribution is -2.52. The van der Waals surface area contributed by atoms with E-state index in [1.54, 1.807) is 11.1 Å². The summed E-state index contributed by atoms with van der Waals surface area (Å²) in [6.45, 7) is 7.67. The summed E-state index contributed by atoms with van der Waals surface area (Å²) < 4.78 is 6.95. The van der Waals surface area contributed by atoms with Gasteiger partial charge in [-0.25, -0.2) is 0 Å². The molecule has 1 amide bonds. The lowest BCUT2D eigenvalue weighted by molar-refractivity contribution is -0.155. The molecule has 1 atom stereocenters. The molecule has 1 aliphatic rings. The van der Waals surface area contributed by atoms with Crippen molar-refractivity contribution in [2.24, 2.45) is 11.3 Å². The fourth-order valence-electron chi connectivity index (χ4n) is 3.29. The fourth-order valence-corrected chi connectivity index (χ4v) is 3.29. The van der Waals surface area contributed by atoms with Gasteiger partial charge in [0, 0.05) is 32.4 Å². The Morgan fingerprint density at radius 3 is 2.75 bits per heavy atom. The van der Waals surface area contributed by atoms with Crippen molar-refractivity contribution in [3.05, 3.63) is 17.5 Å². The van der Waals surface area contributed by atoms with Crippen LogP contribution in [0.5, 0.6) is 0 Å². The minimum absolute atomic E-state index is 0.109. The van der Waals surface area contributed by atoms with E-state index in [1.165, 1.54) is 7.11 Å². The summed E-state index contributed by atoms with van der Waals surface area (Å²) in [6, 6.07) is 0. The molecule has 7 heteroatoms. The van der Waals surface area contributed by atoms with E-state index < -0.39 is 11.4 Å². The average molecular weight is 337 g/mol. The highest BCUT2D eigenvalue weighted by molar-refractivity contribution is 5.95. The molecule has 0 radical (unpaired) electrons. The molecule has 2 rings (SSSR count). The molecule has 1 aliphatic heterocycles. The average Bonchev–Trinajstić information content (AvgIpc) is 2.87. The van der Waals surface area contributed by atoms with Crippen LogP contribution in [0.25, 0.3) is 0 Å². The van der Waals surface area contributed by atoms with Gasteiger partial charge in [-0.1, -0.05) is 13.8 Å². The van der Waals surface area contributed by atoms with Crippen LogP contribution < -0.4 is 0 Å². The van der Waals surface area contributed by atoms with Crippen molar-refractivity contribution >= 4 is 11.9 Å². The van der Waals surface area contributed by atoms with Crippen molar-refractivity contribution in [1.82, 2.24) is 14.7 Å². The molecule has 1 fully saturated rings. The molecular formula is C17H27N3O4. The molecule has 1 unspecified atom stereocenters. The third kappa shape index (κ3) is 3.61. The first-order valence-electron chi connectivity index (χ1n) is 8.35. The Hall–Kier alpha value is -1.89. The van der Waals surface area contributed by atoms with Gasteiger partial charge in [-0.15, -0.1) is 0 Å². The van der Waals surface area contributed by atoms with Crippen molar-refractivity contribution in [2.45, 2.75) is 40.2 Å². The van der Waals surface area contributed by atoms with Crippen molar-refractivity contribution in [2.75, 3.05) is 26.8 Å². The summed E-state index contributed by atoms with van der Waals surface area (Å²) in [6.07, 6.45) is 2.76. The number of aliphatic carboxylic acids is 1. The van der Waals surface area contributed by atoms with E-state index in [0.717, 1.165) is 12.2 Å². The predicted molar refractivity (Wildman–Crippen MR) is 88.9 cm³/mol. The second-order valence-electron chi connectivity index (χ2n) is 7.07. The summed E-state index contributed by atoms with van der Waals surface area (Å²) in [5, 5.41) is 13.9. The van der Waals surface area contributed by atoms with Crippen molar-refractivity contribution in [3.63, 3.8) is 0 Å². The Bertz CT molecular complexity index is 607. The van der Waals surface area contributed by atoms with Gasteiger partial charge < -0.3 is 14.7 Å². The Morgan fingerprint density at radius 2 is 2.17 bits per heavy atom. The number of rotatable bonds is 6. The van der Waals surface area contributed by atoms with Crippen LogP contribution in [0.2, 0.25) is 0 Å². The standard InChI is InChI=1S/C17H27N3O4/c1-12(2)9-20-13(3)14(8-18-20)15(21)19-7-5-6-17(10-19,11-24-4)16(22)23/h8,12H,5-7,9-11H2,1-4H3,(H,22,23). The van der Waals surface area contributed by atoms with Gasteiger partial charge in [0.15, 0.2) is 0 Å². The number of piperidine rings is 1. The van der Waals surface area contributed by atoms with Gasteiger partial charge in [0.25, 0.3) is 5.91 Å². The molecule has 134 valence electrons. The van der Waals surface area contributed by atoms with Crippen LogP contribution in [0.1, 0.15) is 42.7 Å². The van der Waals surface area contributed by atoms with E-state index in [-0.39, 0.29) is 19.1 Å². The minimum Gasteiger partial charge on any atom is -0.481 e. The first kappa shape index (κ1) is 18.4. The van der Waals surface area contributed by atoms with Crippen molar-refractivity contribution < 1.29 is 19.4 Å². The Labute approximate surface area is 142 Å². The van der Waals surface area contributed by atoms with Crippen molar-refractivity contribution in [1.29, 1.82) is 0 Å².